The number of nitrogens with zero attached hydrogens (tertiary/aromatic N) is 1. The van der Waals surface area contributed by atoms with E-state index in [1.807, 2.05) is 66.7 Å². The lowest BCUT2D eigenvalue weighted by molar-refractivity contribution is -0.145. The predicted octanol–water partition coefficient (Wildman–Crippen LogP) is 5.20. The molecule has 0 aliphatic heterocycles. The van der Waals surface area contributed by atoms with Gasteiger partial charge in [0.15, 0.2) is 6.61 Å². The van der Waals surface area contributed by atoms with Gasteiger partial charge in [0.1, 0.15) is 5.75 Å². The van der Waals surface area contributed by atoms with Gasteiger partial charge in [0.05, 0.1) is 30.7 Å². The second-order valence-electron chi connectivity index (χ2n) is 8.24. The van der Waals surface area contributed by atoms with Crippen molar-refractivity contribution in [2.24, 2.45) is 5.92 Å². The van der Waals surface area contributed by atoms with Crippen molar-refractivity contribution in [3.63, 3.8) is 0 Å². The fourth-order valence-corrected chi connectivity index (χ4v) is 4.27. The molecule has 0 heterocycles. The Hall–Kier alpha value is -3.84. The Morgan fingerprint density at radius 3 is 2.20 bits per heavy atom. The van der Waals surface area contributed by atoms with Gasteiger partial charge in [-0.25, -0.2) is 14.5 Å². The average Bonchev–Trinajstić information content (AvgIpc) is 2.89. The topological polar surface area (TPSA) is 85.3 Å². The zero-order chi connectivity index (χ0) is 24.6. The molecule has 0 unspecified atom stereocenters. The number of hydrogen-bond acceptors (Lipinski definition) is 6. The summed E-state index contributed by atoms with van der Waals surface area (Å²) in [6.45, 7) is 1.92. The number of rotatable bonds is 8. The van der Waals surface area contributed by atoms with Crippen molar-refractivity contribution in [3.05, 3.63) is 90.0 Å². The van der Waals surface area contributed by atoms with Crippen LogP contribution in [0, 0.1) is 5.92 Å². The molecule has 3 aromatic carbocycles. The fourth-order valence-electron chi connectivity index (χ4n) is 4.27. The minimum Gasteiger partial charge on any atom is -0.482 e. The Kier molecular flexibility index (Phi) is 8.00. The van der Waals surface area contributed by atoms with E-state index < -0.39 is 18.2 Å². The molecule has 0 saturated carbocycles. The van der Waals surface area contributed by atoms with Crippen molar-refractivity contribution in [3.8, 4) is 5.75 Å². The van der Waals surface area contributed by atoms with Crippen molar-refractivity contribution < 1.29 is 28.9 Å². The minimum atomic E-state index is -0.820. The molecule has 0 bridgehead atoms. The Bertz CT molecular complexity index is 1100. The van der Waals surface area contributed by atoms with Crippen molar-refractivity contribution in [1.82, 2.24) is 0 Å². The van der Waals surface area contributed by atoms with Crippen LogP contribution in [0.2, 0.25) is 0 Å². The van der Waals surface area contributed by atoms with Crippen LogP contribution in [0.1, 0.15) is 30.6 Å². The second-order valence-corrected chi connectivity index (χ2v) is 8.24. The van der Waals surface area contributed by atoms with Crippen LogP contribution < -0.4 is 9.64 Å². The SMILES string of the molecule is CCOC(=O)COc1cccc2c1CC[C@H](COC(=O)N(c1ccccc1)c1ccccc1)[C@@H]2O. The molecule has 4 rings (SSSR count). The number of para-hydroxylation sites is 2. The summed E-state index contributed by atoms with van der Waals surface area (Å²) in [5, 5.41) is 11.0. The highest BCUT2D eigenvalue weighted by molar-refractivity contribution is 5.95. The number of hydrogen-bond donors (Lipinski definition) is 1. The molecule has 0 aromatic heterocycles. The van der Waals surface area contributed by atoms with Gasteiger partial charge in [0, 0.05) is 5.92 Å². The van der Waals surface area contributed by atoms with Crippen molar-refractivity contribution >= 4 is 23.4 Å². The Morgan fingerprint density at radius 2 is 1.57 bits per heavy atom. The van der Waals surface area contributed by atoms with Crippen LogP contribution in [0.3, 0.4) is 0 Å². The first-order chi connectivity index (χ1) is 17.1. The van der Waals surface area contributed by atoms with E-state index in [4.69, 9.17) is 14.2 Å². The Morgan fingerprint density at radius 1 is 0.914 bits per heavy atom. The molecule has 0 fully saturated rings. The summed E-state index contributed by atoms with van der Waals surface area (Å²) in [4.78, 5) is 26.3. The number of carbonyl (C=O) groups is 2. The highest BCUT2D eigenvalue weighted by Crippen LogP contribution is 2.39. The normalized spacial score (nSPS) is 16.6. The van der Waals surface area contributed by atoms with Gasteiger partial charge in [-0.05, 0) is 61.2 Å². The molecule has 1 aliphatic carbocycles. The molecular formula is C28H29NO6. The van der Waals surface area contributed by atoms with Gasteiger partial charge < -0.3 is 19.3 Å². The summed E-state index contributed by atoms with van der Waals surface area (Å²) in [6, 6.07) is 24.0. The van der Waals surface area contributed by atoms with Crippen molar-refractivity contribution in [2.45, 2.75) is 25.9 Å². The fraction of sp³-hybridized carbons (Fsp3) is 0.286. The van der Waals surface area contributed by atoms with E-state index in [0.29, 0.717) is 36.6 Å². The highest BCUT2D eigenvalue weighted by atomic mass is 16.6. The summed E-state index contributed by atoms with van der Waals surface area (Å²) in [7, 11) is 0. The molecule has 7 heteroatoms. The number of anilines is 2. The zero-order valence-electron chi connectivity index (χ0n) is 19.6. The predicted molar refractivity (Wildman–Crippen MR) is 132 cm³/mol. The second kappa shape index (κ2) is 11.5. The van der Waals surface area contributed by atoms with Gasteiger partial charge >= 0.3 is 12.1 Å². The molecule has 1 N–H and O–H groups in total. The van der Waals surface area contributed by atoms with Crippen molar-refractivity contribution in [2.75, 3.05) is 24.7 Å². The number of benzene rings is 3. The smallest absolute Gasteiger partial charge is 0.418 e. The van der Waals surface area contributed by atoms with Crippen LogP contribution in [0.15, 0.2) is 78.9 Å². The molecule has 1 amide bonds. The Balaban J connectivity index is 1.44. The van der Waals surface area contributed by atoms with Crippen LogP contribution in [0.4, 0.5) is 16.2 Å². The number of aliphatic hydroxyl groups is 1. The number of fused-ring (bicyclic) bond motifs is 1. The maximum Gasteiger partial charge on any atom is 0.418 e. The molecular weight excluding hydrogens is 446 g/mol. The number of ether oxygens (including phenoxy) is 3. The van der Waals surface area contributed by atoms with E-state index >= 15 is 0 Å². The van der Waals surface area contributed by atoms with Gasteiger partial charge in [-0.3, -0.25) is 0 Å². The quantitative estimate of drug-likeness (QED) is 0.451. The first kappa shape index (κ1) is 24.3. The Labute approximate surface area is 204 Å². The van der Waals surface area contributed by atoms with Gasteiger partial charge in [-0.1, -0.05) is 48.5 Å². The lowest BCUT2D eigenvalue weighted by Gasteiger charge is -2.31. The van der Waals surface area contributed by atoms with Gasteiger partial charge in [0.25, 0.3) is 0 Å². The number of esters is 1. The summed E-state index contributed by atoms with van der Waals surface area (Å²) < 4.78 is 16.3. The number of aliphatic hydroxyl groups excluding tert-OH is 1. The van der Waals surface area contributed by atoms with E-state index in [0.717, 1.165) is 11.1 Å². The first-order valence-electron chi connectivity index (χ1n) is 11.7. The zero-order valence-corrected chi connectivity index (χ0v) is 19.6. The van der Waals surface area contributed by atoms with Crippen LogP contribution in [0.5, 0.6) is 5.75 Å². The molecule has 1 aliphatic rings. The summed E-state index contributed by atoms with van der Waals surface area (Å²) in [5.74, 6) is -0.142. The van der Waals surface area contributed by atoms with E-state index in [2.05, 4.69) is 0 Å². The van der Waals surface area contributed by atoms with Crippen LogP contribution in [-0.4, -0.2) is 37.0 Å². The van der Waals surface area contributed by atoms with Gasteiger partial charge in [-0.15, -0.1) is 0 Å². The molecule has 0 saturated heterocycles. The highest BCUT2D eigenvalue weighted by Gasteiger charge is 2.32. The van der Waals surface area contributed by atoms with Gasteiger partial charge in [0.2, 0.25) is 0 Å². The summed E-state index contributed by atoms with van der Waals surface area (Å²) in [6.07, 6.45) is -0.0847. The third-order valence-electron chi connectivity index (χ3n) is 5.98. The molecule has 0 radical (unpaired) electrons. The van der Waals surface area contributed by atoms with Gasteiger partial charge in [-0.2, -0.15) is 0 Å². The third-order valence-corrected chi connectivity index (χ3v) is 5.98. The summed E-state index contributed by atoms with van der Waals surface area (Å²) >= 11 is 0. The number of carbonyl (C=O) groups excluding carboxylic acids is 2. The van der Waals surface area contributed by atoms with Crippen molar-refractivity contribution in [1.29, 1.82) is 0 Å². The molecule has 0 spiro atoms. The minimum absolute atomic E-state index is 0.0729. The van der Waals surface area contributed by atoms with Crippen LogP contribution in [-0.2, 0) is 20.7 Å². The molecule has 182 valence electrons. The molecule has 7 nitrogen and oxygen atoms in total. The molecule has 3 aromatic rings. The largest absolute Gasteiger partial charge is 0.482 e. The van der Waals surface area contributed by atoms with Crippen LogP contribution >= 0.6 is 0 Å². The average molecular weight is 476 g/mol. The maximum atomic E-state index is 13.2. The molecule has 2 atom stereocenters. The lowest BCUT2D eigenvalue weighted by atomic mass is 9.81. The monoisotopic (exact) mass is 475 g/mol. The van der Waals surface area contributed by atoms with E-state index in [1.165, 1.54) is 4.90 Å². The van der Waals surface area contributed by atoms with E-state index in [1.54, 1.807) is 19.1 Å². The van der Waals surface area contributed by atoms with E-state index in [-0.39, 0.29) is 19.1 Å². The lowest BCUT2D eigenvalue weighted by Crippen LogP contribution is -2.31. The molecule has 35 heavy (non-hydrogen) atoms. The third kappa shape index (κ3) is 5.81. The van der Waals surface area contributed by atoms with E-state index in [9.17, 15) is 14.7 Å². The number of amides is 1. The first-order valence-corrected chi connectivity index (χ1v) is 11.7. The summed E-state index contributed by atoms with van der Waals surface area (Å²) in [5.41, 5.74) is 2.98. The van der Waals surface area contributed by atoms with Crippen LogP contribution in [0.25, 0.3) is 0 Å². The maximum absolute atomic E-state index is 13.2. The standard InChI is InChI=1S/C28H29NO6/c1-2-33-26(30)19-34-25-15-9-14-24-23(25)17-16-20(27(24)31)18-35-28(32)29(21-10-5-3-6-11-21)22-12-7-4-8-13-22/h3-15,20,27,31H,2,16-19H2,1H3/t20-,27+/m1/s1.